The molecule has 0 aliphatic rings. The second-order valence-electron chi connectivity index (χ2n) is 3.48. The van der Waals surface area contributed by atoms with Crippen LogP contribution in [-0.2, 0) is 9.59 Å². The van der Waals surface area contributed by atoms with Crippen LogP contribution in [0.25, 0.3) is 0 Å². The van der Waals surface area contributed by atoms with E-state index in [1.165, 1.54) is 13.8 Å². The van der Waals surface area contributed by atoms with Gasteiger partial charge in [-0.2, -0.15) is 0 Å². The maximum absolute atomic E-state index is 9.26. The number of aliphatic hydroxyl groups excluding tert-OH is 1. The summed E-state index contributed by atoms with van der Waals surface area (Å²) in [5.74, 6) is -1.30. The molecular formula is C14H20CaO6. The van der Waals surface area contributed by atoms with Gasteiger partial charge in [-0.05, 0) is 31.9 Å². The topological polar surface area (TPSA) is 110 Å². The fourth-order valence-corrected chi connectivity index (χ4v) is 0.696. The molecule has 0 aliphatic carbocycles. The van der Waals surface area contributed by atoms with E-state index < -0.39 is 18.2 Å². The van der Waals surface area contributed by atoms with E-state index in [9.17, 15) is 19.8 Å². The molecule has 0 radical (unpaired) electrons. The predicted molar refractivity (Wildman–Crippen MR) is 75.1 cm³/mol. The second kappa shape index (κ2) is 17.2. The van der Waals surface area contributed by atoms with Gasteiger partial charge in [-0.15, -0.1) is 0 Å². The number of hydrogen-bond donors (Lipinski definition) is 1. The number of aliphatic carboxylic acids is 2. The molecule has 1 N–H and O–H groups in total. The third kappa shape index (κ3) is 24.6. The van der Waals surface area contributed by atoms with Crippen LogP contribution in [0.2, 0.25) is 0 Å². The zero-order valence-corrected chi connectivity index (χ0v) is 14.8. The Balaban J connectivity index is -0.000000254. The average molecular weight is 324 g/mol. The van der Waals surface area contributed by atoms with E-state index in [-0.39, 0.29) is 50.6 Å². The van der Waals surface area contributed by atoms with Gasteiger partial charge in [0.05, 0.1) is 0 Å². The van der Waals surface area contributed by atoms with E-state index >= 15 is 0 Å². The van der Waals surface area contributed by atoms with Crippen molar-refractivity contribution in [1.82, 2.24) is 0 Å². The molecule has 0 aliphatic heterocycles. The molecule has 0 fully saturated rings. The molecule has 21 heavy (non-hydrogen) atoms. The molecule has 6 nitrogen and oxygen atoms in total. The van der Waals surface area contributed by atoms with E-state index in [0.29, 0.717) is 5.75 Å². The number of rotatable bonds is 4. The number of aliphatic hydroxyl groups is 1. The molecule has 1 rings (SSSR count). The van der Waals surface area contributed by atoms with Crippen LogP contribution in [0.5, 0.6) is 5.75 Å². The summed E-state index contributed by atoms with van der Waals surface area (Å²) in [5.41, 5.74) is 0. The van der Waals surface area contributed by atoms with Gasteiger partial charge in [0.2, 0.25) is 0 Å². The Labute approximate surface area is 154 Å². The Kier molecular flexibility index (Phi) is 20.6. The molecule has 1 aromatic rings. The maximum Gasteiger partial charge on any atom is 2.00 e. The Bertz CT molecular complexity index is 353. The van der Waals surface area contributed by atoms with E-state index in [2.05, 4.69) is 0 Å². The molecule has 1 aromatic carbocycles. The van der Waals surface area contributed by atoms with Gasteiger partial charge in [-0.3, -0.25) is 0 Å². The minimum Gasteiger partial charge on any atom is -0.550 e. The monoisotopic (exact) mass is 324 g/mol. The van der Waals surface area contributed by atoms with E-state index in [1.807, 2.05) is 18.2 Å². The minimum atomic E-state index is -0.995. The molecule has 7 heteroatoms. The summed E-state index contributed by atoms with van der Waals surface area (Å²) in [6.45, 7) is 4.65. The SMILES string of the molecule is CC(O)Oc1ccccc1.CCC(=O)[O-].CCC(=O)[O-].[Ca+2]. The van der Waals surface area contributed by atoms with Crippen molar-refractivity contribution in [3.05, 3.63) is 30.3 Å². The normalized spacial score (nSPS) is 9.52. The zero-order valence-electron chi connectivity index (χ0n) is 12.6. The fraction of sp³-hybridized carbons (Fsp3) is 0.429. The standard InChI is InChI=1S/C8H10O2.2C3H6O2.Ca/c1-7(9)10-8-5-3-2-4-6-8;2*1-2-3(4)5;/h2-7,9H,1H3;2*2H2,1H3,(H,4,5);/q;;;+2/p-2. The number of carboxylic acid groups (broad SMARTS) is 2. The van der Waals surface area contributed by atoms with E-state index in [4.69, 9.17) is 9.84 Å². The van der Waals surface area contributed by atoms with Crippen LogP contribution in [0.1, 0.15) is 33.6 Å². The molecule has 0 aromatic heterocycles. The van der Waals surface area contributed by atoms with Crippen molar-refractivity contribution in [2.45, 2.75) is 39.9 Å². The van der Waals surface area contributed by atoms with Crippen LogP contribution in [0, 0.1) is 0 Å². The zero-order chi connectivity index (χ0) is 16.0. The molecule has 0 saturated carbocycles. The molecule has 0 spiro atoms. The Morgan fingerprint density at radius 1 is 1.10 bits per heavy atom. The van der Waals surface area contributed by atoms with Crippen LogP contribution in [0.15, 0.2) is 30.3 Å². The molecule has 0 saturated heterocycles. The molecule has 1 unspecified atom stereocenters. The molecular weight excluding hydrogens is 304 g/mol. The van der Waals surface area contributed by atoms with Crippen molar-refractivity contribution >= 4 is 49.7 Å². The first-order valence-electron chi connectivity index (χ1n) is 6.12. The number of para-hydroxylation sites is 1. The van der Waals surface area contributed by atoms with Crippen molar-refractivity contribution in [1.29, 1.82) is 0 Å². The largest absolute Gasteiger partial charge is 2.00 e. The minimum absolute atomic E-state index is 0. The van der Waals surface area contributed by atoms with Gasteiger partial charge < -0.3 is 29.6 Å². The van der Waals surface area contributed by atoms with Crippen LogP contribution >= 0.6 is 0 Å². The van der Waals surface area contributed by atoms with Crippen molar-refractivity contribution in [2.24, 2.45) is 0 Å². The fourth-order valence-electron chi connectivity index (χ4n) is 0.696. The number of carbonyl (C=O) groups is 2. The van der Waals surface area contributed by atoms with Gasteiger partial charge in [0.25, 0.3) is 0 Å². The van der Waals surface area contributed by atoms with Crippen LogP contribution in [0.4, 0.5) is 0 Å². The van der Waals surface area contributed by atoms with Crippen molar-refractivity contribution in [3.63, 3.8) is 0 Å². The first kappa shape index (κ1) is 25.2. The van der Waals surface area contributed by atoms with E-state index in [0.717, 1.165) is 0 Å². The Morgan fingerprint density at radius 2 is 1.43 bits per heavy atom. The first-order valence-corrected chi connectivity index (χ1v) is 6.12. The summed E-state index contributed by atoms with van der Waals surface area (Å²) in [6.07, 6.45) is -0.512. The second-order valence-corrected chi connectivity index (χ2v) is 3.48. The molecule has 1 atom stereocenters. The van der Waals surface area contributed by atoms with Gasteiger partial charge in [0, 0.05) is 11.9 Å². The van der Waals surface area contributed by atoms with Crippen molar-refractivity contribution < 1.29 is 29.6 Å². The summed E-state index contributed by atoms with van der Waals surface area (Å²) in [6, 6.07) is 9.21. The summed E-state index contributed by atoms with van der Waals surface area (Å²) in [5, 5.41) is 27.3. The third-order valence-electron chi connectivity index (χ3n) is 1.63. The summed E-state index contributed by atoms with van der Waals surface area (Å²) >= 11 is 0. The van der Waals surface area contributed by atoms with Crippen LogP contribution < -0.4 is 14.9 Å². The summed E-state index contributed by atoms with van der Waals surface area (Å²) in [7, 11) is 0. The first-order chi connectivity index (χ1) is 9.33. The number of carbonyl (C=O) groups excluding carboxylic acids is 2. The smallest absolute Gasteiger partial charge is 0.550 e. The number of benzene rings is 1. The summed E-state index contributed by atoms with van der Waals surface area (Å²) in [4.78, 5) is 18.5. The Hall–Kier alpha value is -0.820. The average Bonchev–Trinajstić information content (AvgIpc) is 2.40. The quantitative estimate of drug-likeness (QED) is 0.580. The molecule has 114 valence electrons. The number of hydrogen-bond acceptors (Lipinski definition) is 6. The van der Waals surface area contributed by atoms with Gasteiger partial charge >= 0.3 is 37.7 Å². The van der Waals surface area contributed by atoms with Gasteiger partial charge in [-0.25, -0.2) is 0 Å². The number of carboxylic acids is 2. The molecule has 0 heterocycles. The molecule has 0 bridgehead atoms. The van der Waals surface area contributed by atoms with Gasteiger partial charge in [0.1, 0.15) is 5.75 Å². The molecule has 0 amide bonds. The maximum atomic E-state index is 9.26. The number of ether oxygens (including phenoxy) is 1. The Morgan fingerprint density at radius 3 is 1.67 bits per heavy atom. The van der Waals surface area contributed by atoms with Crippen molar-refractivity contribution in [2.75, 3.05) is 0 Å². The van der Waals surface area contributed by atoms with Gasteiger partial charge in [-0.1, -0.05) is 32.0 Å². The van der Waals surface area contributed by atoms with Crippen LogP contribution in [-0.4, -0.2) is 61.1 Å². The van der Waals surface area contributed by atoms with Crippen LogP contribution in [0.3, 0.4) is 0 Å². The summed E-state index contributed by atoms with van der Waals surface area (Å²) < 4.78 is 4.97. The third-order valence-corrected chi connectivity index (χ3v) is 1.63. The van der Waals surface area contributed by atoms with E-state index in [1.54, 1.807) is 19.1 Å². The van der Waals surface area contributed by atoms with Gasteiger partial charge in [0.15, 0.2) is 6.29 Å². The van der Waals surface area contributed by atoms with Crippen molar-refractivity contribution in [3.8, 4) is 5.75 Å². The predicted octanol–water partition coefficient (Wildman–Crippen LogP) is -0.684.